The Morgan fingerprint density at radius 1 is 1.10 bits per heavy atom. The summed E-state index contributed by atoms with van der Waals surface area (Å²) in [5, 5.41) is 11.2. The maximum absolute atomic E-state index is 13.2. The third-order valence-corrected chi connectivity index (χ3v) is 7.90. The van der Waals surface area contributed by atoms with Crippen LogP contribution >= 0.6 is 0 Å². The minimum atomic E-state index is -3.73. The average Bonchev–Trinajstić information content (AvgIpc) is 3.18. The van der Waals surface area contributed by atoms with Crippen molar-refractivity contribution in [3.8, 4) is 0 Å². The molecule has 1 spiro atoms. The number of nitrogens with zero attached hydrogens (tertiary/aromatic N) is 3. The zero-order chi connectivity index (χ0) is 22.2. The van der Waals surface area contributed by atoms with E-state index in [0.29, 0.717) is 38.1 Å². The predicted molar refractivity (Wildman–Crippen MR) is 112 cm³/mol. The van der Waals surface area contributed by atoms with Crippen molar-refractivity contribution in [2.45, 2.75) is 30.4 Å². The van der Waals surface area contributed by atoms with Crippen molar-refractivity contribution in [2.75, 3.05) is 26.2 Å². The first kappa shape index (κ1) is 21.4. The van der Waals surface area contributed by atoms with Gasteiger partial charge < -0.3 is 9.64 Å². The number of ether oxygens (including phenoxy) is 1. The molecule has 2 aliphatic rings. The van der Waals surface area contributed by atoms with E-state index in [0.717, 1.165) is 0 Å². The van der Waals surface area contributed by atoms with Gasteiger partial charge in [-0.05, 0) is 25.1 Å². The highest BCUT2D eigenvalue weighted by atomic mass is 32.2. The van der Waals surface area contributed by atoms with E-state index >= 15 is 0 Å². The summed E-state index contributed by atoms with van der Waals surface area (Å²) >= 11 is 0. The van der Waals surface area contributed by atoms with Gasteiger partial charge in [0.15, 0.2) is 0 Å². The molecule has 0 aliphatic carbocycles. The third kappa shape index (κ3) is 3.82. The smallest absolute Gasteiger partial charge is 0.273 e. The second-order valence-corrected chi connectivity index (χ2v) is 9.60. The normalized spacial score (nSPS) is 18.9. The molecule has 0 saturated carbocycles. The second kappa shape index (κ2) is 8.03. The fraction of sp³-hybridized carbons (Fsp3) is 0.381. The van der Waals surface area contributed by atoms with Crippen molar-refractivity contribution in [2.24, 2.45) is 0 Å². The summed E-state index contributed by atoms with van der Waals surface area (Å²) in [5.74, 6) is -0.312. The molecule has 4 rings (SSSR count). The van der Waals surface area contributed by atoms with Crippen LogP contribution in [0.3, 0.4) is 0 Å². The standard InChI is InChI=1S/C21H23N3O6S/c1-16-7-8-17(15-19(16)24(26)27)20(25)22-11-9-21(10-12-22)23(13-14-30-21)31(28,29)18-5-3-2-4-6-18/h2-8,15H,9-14H2,1H3. The van der Waals surface area contributed by atoms with Gasteiger partial charge in [-0.25, -0.2) is 8.42 Å². The first-order valence-corrected chi connectivity index (χ1v) is 11.4. The van der Waals surface area contributed by atoms with E-state index in [-0.39, 0.29) is 28.6 Å². The second-order valence-electron chi connectivity index (χ2n) is 7.74. The van der Waals surface area contributed by atoms with Crippen LogP contribution in [0.2, 0.25) is 0 Å². The molecule has 31 heavy (non-hydrogen) atoms. The third-order valence-electron chi connectivity index (χ3n) is 5.94. The largest absolute Gasteiger partial charge is 0.358 e. The molecule has 2 fully saturated rings. The summed E-state index contributed by atoms with van der Waals surface area (Å²) in [6, 6.07) is 12.7. The number of amides is 1. The topological polar surface area (TPSA) is 110 Å². The molecule has 2 aromatic carbocycles. The van der Waals surface area contributed by atoms with Gasteiger partial charge in [0.1, 0.15) is 5.72 Å². The van der Waals surface area contributed by atoms with Crippen molar-refractivity contribution >= 4 is 21.6 Å². The van der Waals surface area contributed by atoms with Crippen LogP contribution in [0, 0.1) is 17.0 Å². The van der Waals surface area contributed by atoms with Gasteiger partial charge in [0.2, 0.25) is 10.0 Å². The number of sulfonamides is 1. The summed E-state index contributed by atoms with van der Waals surface area (Å²) in [4.78, 5) is 25.4. The van der Waals surface area contributed by atoms with E-state index in [1.165, 1.54) is 10.4 Å². The molecule has 0 unspecified atom stereocenters. The van der Waals surface area contributed by atoms with Crippen molar-refractivity contribution in [3.05, 3.63) is 69.8 Å². The Hall–Kier alpha value is -2.82. The number of hydrogen-bond donors (Lipinski definition) is 0. The van der Waals surface area contributed by atoms with Crippen molar-refractivity contribution in [3.63, 3.8) is 0 Å². The number of nitro groups is 1. The fourth-order valence-electron chi connectivity index (χ4n) is 4.23. The molecular weight excluding hydrogens is 422 g/mol. The van der Waals surface area contributed by atoms with Crippen LogP contribution in [0.5, 0.6) is 0 Å². The van der Waals surface area contributed by atoms with Gasteiger partial charge in [-0.15, -0.1) is 0 Å². The molecule has 2 aliphatic heterocycles. The van der Waals surface area contributed by atoms with Gasteiger partial charge in [0.25, 0.3) is 11.6 Å². The lowest BCUT2D eigenvalue weighted by Crippen LogP contribution is -2.55. The van der Waals surface area contributed by atoms with Crippen molar-refractivity contribution < 1.29 is 22.9 Å². The quantitative estimate of drug-likeness (QED) is 0.528. The minimum Gasteiger partial charge on any atom is -0.358 e. The van der Waals surface area contributed by atoms with E-state index in [9.17, 15) is 23.3 Å². The minimum absolute atomic E-state index is 0.0985. The molecule has 0 bridgehead atoms. The van der Waals surface area contributed by atoms with Crippen LogP contribution in [0.4, 0.5) is 5.69 Å². The van der Waals surface area contributed by atoms with Crippen LogP contribution in [-0.2, 0) is 14.8 Å². The molecule has 0 aromatic heterocycles. The molecular formula is C21H23N3O6S. The number of aryl methyl sites for hydroxylation is 1. The summed E-state index contributed by atoms with van der Waals surface area (Å²) < 4.78 is 33.7. The van der Waals surface area contributed by atoms with Crippen LogP contribution in [0.25, 0.3) is 0 Å². The Kier molecular flexibility index (Phi) is 5.54. The van der Waals surface area contributed by atoms with E-state index in [2.05, 4.69) is 0 Å². The number of hydrogen-bond acceptors (Lipinski definition) is 6. The van der Waals surface area contributed by atoms with E-state index in [1.54, 1.807) is 54.3 Å². The maximum Gasteiger partial charge on any atom is 0.273 e. The Bertz CT molecular complexity index is 1110. The van der Waals surface area contributed by atoms with E-state index < -0.39 is 20.7 Å². The highest BCUT2D eigenvalue weighted by Crippen LogP contribution is 2.38. The summed E-state index contributed by atoms with van der Waals surface area (Å²) in [5.41, 5.74) is -0.349. The SMILES string of the molecule is Cc1ccc(C(=O)N2CCC3(CC2)OCCN3S(=O)(=O)c2ccccc2)cc1[N+](=O)[O-]. The fourth-order valence-corrected chi connectivity index (χ4v) is 5.97. The van der Waals surface area contributed by atoms with Crippen LogP contribution in [0.1, 0.15) is 28.8 Å². The Morgan fingerprint density at radius 2 is 1.77 bits per heavy atom. The number of piperidine rings is 1. The number of likely N-dealkylation sites (tertiary alicyclic amines) is 1. The molecule has 2 aromatic rings. The Morgan fingerprint density at radius 3 is 2.42 bits per heavy atom. The molecule has 0 atom stereocenters. The number of carbonyl (C=O) groups is 1. The summed E-state index contributed by atoms with van der Waals surface area (Å²) in [7, 11) is -3.73. The Balaban J connectivity index is 1.52. The molecule has 2 heterocycles. The van der Waals surface area contributed by atoms with Gasteiger partial charge in [-0.3, -0.25) is 14.9 Å². The molecule has 0 radical (unpaired) electrons. The van der Waals surface area contributed by atoms with Gasteiger partial charge in [-0.1, -0.05) is 24.3 Å². The average molecular weight is 445 g/mol. The first-order valence-electron chi connectivity index (χ1n) is 10.0. The zero-order valence-electron chi connectivity index (χ0n) is 17.1. The van der Waals surface area contributed by atoms with Crippen LogP contribution in [0.15, 0.2) is 53.4 Å². The number of rotatable bonds is 4. The molecule has 164 valence electrons. The van der Waals surface area contributed by atoms with Crippen LogP contribution < -0.4 is 0 Å². The van der Waals surface area contributed by atoms with E-state index in [1.807, 2.05) is 0 Å². The lowest BCUT2D eigenvalue weighted by molar-refractivity contribution is -0.385. The first-order chi connectivity index (χ1) is 14.7. The monoisotopic (exact) mass is 445 g/mol. The molecule has 2 saturated heterocycles. The maximum atomic E-state index is 13.2. The molecule has 1 amide bonds. The van der Waals surface area contributed by atoms with Crippen molar-refractivity contribution in [1.29, 1.82) is 0 Å². The van der Waals surface area contributed by atoms with Gasteiger partial charge >= 0.3 is 0 Å². The number of benzene rings is 2. The highest BCUT2D eigenvalue weighted by molar-refractivity contribution is 7.89. The van der Waals surface area contributed by atoms with Crippen LogP contribution in [-0.4, -0.2) is 60.4 Å². The summed E-state index contributed by atoms with van der Waals surface area (Å²) in [6.45, 7) is 2.76. The lowest BCUT2D eigenvalue weighted by Gasteiger charge is -2.42. The number of carbonyl (C=O) groups excluding carboxylic acids is 1. The lowest BCUT2D eigenvalue weighted by atomic mass is 9.99. The predicted octanol–water partition coefficient (Wildman–Crippen LogP) is 2.56. The van der Waals surface area contributed by atoms with Gasteiger partial charge in [0.05, 0.1) is 16.4 Å². The van der Waals surface area contributed by atoms with E-state index in [4.69, 9.17) is 4.74 Å². The van der Waals surface area contributed by atoms with Crippen molar-refractivity contribution in [1.82, 2.24) is 9.21 Å². The zero-order valence-corrected chi connectivity index (χ0v) is 17.9. The Labute approximate surface area is 180 Å². The van der Waals surface area contributed by atoms with Gasteiger partial charge in [0, 0.05) is 49.7 Å². The molecule has 9 nitrogen and oxygen atoms in total. The highest BCUT2D eigenvalue weighted by Gasteiger charge is 2.51. The molecule has 0 N–H and O–H groups in total. The summed E-state index contributed by atoms with van der Waals surface area (Å²) in [6.07, 6.45) is 0.664. The number of nitro benzene ring substituents is 1. The van der Waals surface area contributed by atoms with Gasteiger partial charge in [-0.2, -0.15) is 4.31 Å². The molecule has 10 heteroatoms.